The molecule has 0 saturated carbocycles. The van der Waals surface area contributed by atoms with E-state index in [0.29, 0.717) is 12.5 Å². The van der Waals surface area contributed by atoms with Crippen molar-refractivity contribution in [2.24, 2.45) is 5.92 Å². The summed E-state index contributed by atoms with van der Waals surface area (Å²) >= 11 is 0. The van der Waals surface area contributed by atoms with Crippen molar-refractivity contribution in [1.29, 1.82) is 0 Å². The third-order valence-electron chi connectivity index (χ3n) is 2.34. The summed E-state index contributed by atoms with van der Waals surface area (Å²) in [5, 5.41) is 7.33. The zero-order valence-electron chi connectivity index (χ0n) is 11.1. The molecule has 0 radical (unpaired) electrons. The molecule has 1 aromatic rings. The maximum atomic E-state index is 11.7. The number of rotatable bonds is 6. The molecule has 0 spiro atoms. The van der Waals surface area contributed by atoms with Crippen molar-refractivity contribution in [3.05, 3.63) is 22.6 Å². The van der Waals surface area contributed by atoms with Gasteiger partial charge in [0.25, 0.3) is 5.56 Å². The molecule has 0 aromatic carbocycles. The highest BCUT2D eigenvalue weighted by Gasteiger charge is 2.01. The molecule has 0 fully saturated rings. The lowest BCUT2D eigenvalue weighted by molar-refractivity contribution is 0.367. The molecule has 0 amide bonds. The summed E-state index contributed by atoms with van der Waals surface area (Å²) < 4.78 is 1.49. The molecule has 96 valence electrons. The molecule has 0 atom stereocenters. The van der Waals surface area contributed by atoms with Crippen LogP contribution in [0.2, 0.25) is 0 Å². The van der Waals surface area contributed by atoms with E-state index in [1.165, 1.54) is 4.68 Å². The Kier molecular flexibility index (Phi) is 5.15. The van der Waals surface area contributed by atoms with E-state index in [1.807, 2.05) is 19.0 Å². The molecule has 17 heavy (non-hydrogen) atoms. The molecule has 5 nitrogen and oxygen atoms in total. The third kappa shape index (κ3) is 4.99. The average Bonchev–Trinajstić information content (AvgIpc) is 2.24. The fraction of sp³-hybridized carbons (Fsp3) is 0.667. The zero-order valence-corrected chi connectivity index (χ0v) is 11.1. The number of hydrogen-bond acceptors (Lipinski definition) is 4. The predicted molar refractivity (Wildman–Crippen MR) is 70.4 cm³/mol. The number of nitrogens with one attached hydrogen (secondary N) is 1. The van der Waals surface area contributed by atoms with Gasteiger partial charge in [0.2, 0.25) is 0 Å². The lowest BCUT2D eigenvalue weighted by Crippen LogP contribution is -2.28. The van der Waals surface area contributed by atoms with Gasteiger partial charge in [0.1, 0.15) is 0 Å². The summed E-state index contributed by atoms with van der Waals surface area (Å²) in [6.07, 6.45) is 1.71. The SMILES string of the molecule is CC(C)CNc1cnn(CCN(C)C)c(=O)c1. The minimum Gasteiger partial charge on any atom is -0.383 e. The molecule has 1 rings (SSSR count). The molecule has 0 aliphatic rings. The Bertz CT molecular complexity index is 398. The molecule has 5 heteroatoms. The second kappa shape index (κ2) is 6.39. The first kappa shape index (κ1) is 13.7. The van der Waals surface area contributed by atoms with Crippen LogP contribution >= 0.6 is 0 Å². The summed E-state index contributed by atoms with van der Waals surface area (Å²) in [6.45, 7) is 6.53. The molecule has 0 saturated heterocycles. The molecular formula is C12H22N4O. The van der Waals surface area contributed by atoms with Crippen LogP contribution in [0.25, 0.3) is 0 Å². The van der Waals surface area contributed by atoms with Crippen LogP contribution in [0.5, 0.6) is 0 Å². The first-order valence-electron chi connectivity index (χ1n) is 5.95. The van der Waals surface area contributed by atoms with Gasteiger partial charge in [-0.25, -0.2) is 4.68 Å². The molecule has 1 N–H and O–H groups in total. The van der Waals surface area contributed by atoms with Crippen molar-refractivity contribution in [1.82, 2.24) is 14.7 Å². The van der Waals surface area contributed by atoms with E-state index in [1.54, 1.807) is 12.3 Å². The van der Waals surface area contributed by atoms with Gasteiger partial charge < -0.3 is 10.2 Å². The fourth-order valence-electron chi connectivity index (χ4n) is 1.31. The summed E-state index contributed by atoms with van der Waals surface area (Å²) in [4.78, 5) is 13.8. The zero-order chi connectivity index (χ0) is 12.8. The highest BCUT2D eigenvalue weighted by Crippen LogP contribution is 2.01. The van der Waals surface area contributed by atoms with Crippen LogP contribution in [-0.2, 0) is 6.54 Å². The van der Waals surface area contributed by atoms with E-state index in [-0.39, 0.29) is 5.56 Å². The molecule has 0 aliphatic heterocycles. The first-order chi connectivity index (χ1) is 7.99. The average molecular weight is 238 g/mol. The van der Waals surface area contributed by atoms with Gasteiger partial charge in [-0.2, -0.15) is 5.10 Å². The number of likely N-dealkylation sites (N-methyl/N-ethyl adjacent to an activating group) is 1. The molecule has 0 bridgehead atoms. The third-order valence-corrected chi connectivity index (χ3v) is 2.34. The Balaban J connectivity index is 2.63. The highest BCUT2D eigenvalue weighted by atomic mass is 16.1. The molecule has 1 aromatic heterocycles. The largest absolute Gasteiger partial charge is 0.383 e. The van der Waals surface area contributed by atoms with Crippen LogP contribution in [0.3, 0.4) is 0 Å². The Morgan fingerprint density at radius 3 is 2.71 bits per heavy atom. The lowest BCUT2D eigenvalue weighted by atomic mass is 10.2. The molecule has 0 aliphatic carbocycles. The minimum absolute atomic E-state index is 0.0550. The van der Waals surface area contributed by atoms with Crippen LogP contribution < -0.4 is 10.9 Å². The Morgan fingerprint density at radius 1 is 1.47 bits per heavy atom. The molecule has 1 heterocycles. The van der Waals surface area contributed by atoms with Crippen molar-refractivity contribution in [2.75, 3.05) is 32.5 Å². The van der Waals surface area contributed by atoms with Crippen LogP contribution in [0.15, 0.2) is 17.1 Å². The Labute approximate surface area is 102 Å². The number of hydrogen-bond donors (Lipinski definition) is 1. The van der Waals surface area contributed by atoms with Crippen molar-refractivity contribution >= 4 is 5.69 Å². The van der Waals surface area contributed by atoms with Crippen molar-refractivity contribution in [3.8, 4) is 0 Å². The molecular weight excluding hydrogens is 216 g/mol. The van der Waals surface area contributed by atoms with Gasteiger partial charge in [0.05, 0.1) is 18.4 Å². The van der Waals surface area contributed by atoms with Gasteiger partial charge in [-0.3, -0.25) is 4.79 Å². The molecule has 0 unspecified atom stereocenters. The normalized spacial score (nSPS) is 11.2. The van der Waals surface area contributed by atoms with E-state index in [4.69, 9.17) is 0 Å². The van der Waals surface area contributed by atoms with Crippen LogP contribution in [0.4, 0.5) is 5.69 Å². The maximum absolute atomic E-state index is 11.7. The number of aromatic nitrogens is 2. The van der Waals surface area contributed by atoms with Gasteiger partial charge >= 0.3 is 0 Å². The standard InChI is InChI=1S/C12H22N4O/c1-10(2)8-13-11-7-12(17)16(14-9-11)6-5-15(3)4/h7,9-10,13H,5-6,8H2,1-4H3. The van der Waals surface area contributed by atoms with Gasteiger partial charge in [0, 0.05) is 19.2 Å². The highest BCUT2D eigenvalue weighted by molar-refractivity contribution is 5.38. The van der Waals surface area contributed by atoms with E-state index in [2.05, 4.69) is 24.3 Å². The fourth-order valence-corrected chi connectivity index (χ4v) is 1.31. The second-order valence-corrected chi connectivity index (χ2v) is 4.88. The van der Waals surface area contributed by atoms with Crippen LogP contribution in [0, 0.1) is 5.92 Å². The van der Waals surface area contributed by atoms with E-state index in [9.17, 15) is 4.79 Å². The quantitative estimate of drug-likeness (QED) is 0.799. The topological polar surface area (TPSA) is 50.2 Å². The van der Waals surface area contributed by atoms with Gasteiger partial charge in [-0.15, -0.1) is 0 Å². The summed E-state index contributed by atoms with van der Waals surface area (Å²) in [5.41, 5.74) is 0.741. The monoisotopic (exact) mass is 238 g/mol. The van der Waals surface area contributed by atoms with Crippen molar-refractivity contribution in [2.45, 2.75) is 20.4 Å². The van der Waals surface area contributed by atoms with Gasteiger partial charge in [0.15, 0.2) is 0 Å². The van der Waals surface area contributed by atoms with Crippen LogP contribution in [-0.4, -0.2) is 41.9 Å². The maximum Gasteiger partial charge on any atom is 0.268 e. The Morgan fingerprint density at radius 2 is 2.18 bits per heavy atom. The smallest absolute Gasteiger partial charge is 0.268 e. The van der Waals surface area contributed by atoms with E-state index >= 15 is 0 Å². The van der Waals surface area contributed by atoms with E-state index in [0.717, 1.165) is 18.8 Å². The lowest BCUT2D eigenvalue weighted by Gasteiger charge is -2.12. The van der Waals surface area contributed by atoms with Crippen molar-refractivity contribution < 1.29 is 0 Å². The summed E-state index contributed by atoms with van der Waals surface area (Å²) in [5.74, 6) is 0.547. The van der Waals surface area contributed by atoms with Crippen molar-refractivity contribution in [3.63, 3.8) is 0 Å². The number of anilines is 1. The number of nitrogens with zero attached hydrogens (tertiary/aromatic N) is 3. The van der Waals surface area contributed by atoms with Gasteiger partial charge in [-0.05, 0) is 20.0 Å². The van der Waals surface area contributed by atoms with Gasteiger partial charge in [-0.1, -0.05) is 13.8 Å². The van der Waals surface area contributed by atoms with Crippen LogP contribution in [0.1, 0.15) is 13.8 Å². The predicted octanol–water partition coefficient (Wildman–Crippen LogP) is 0.873. The minimum atomic E-state index is -0.0550. The van der Waals surface area contributed by atoms with E-state index < -0.39 is 0 Å². The summed E-state index contributed by atoms with van der Waals surface area (Å²) in [6, 6.07) is 1.60. The Hall–Kier alpha value is -1.36. The second-order valence-electron chi connectivity index (χ2n) is 4.88. The first-order valence-corrected chi connectivity index (χ1v) is 5.95. The summed E-state index contributed by atoms with van der Waals surface area (Å²) in [7, 11) is 3.95.